The highest BCUT2D eigenvalue weighted by Gasteiger charge is 2.10. The molecule has 3 rings (SSSR count). The van der Waals surface area contributed by atoms with Gasteiger partial charge in [0.25, 0.3) is 0 Å². The van der Waals surface area contributed by atoms with Crippen molar-refractivity contribution in [3.8, 4) is 17.4 Å². The Bertz CT molecular complexity index is 702. The van der Waals surface area contributed by atoms with Crippen LogP contribution in [0.2, 0.25) is 0 Å². The number of imidazole rings is 1. The summed E-state index contributed by atoms with van der Waals surface area (Å²) in [4.78, 5) is 11.8. The second kappa shape index (κ2) is 4.65. The topological polar surface area (TPSA) is 108 Å². The highest BCUT2D eigenvalue weighted by Crippen LogP contribution is 2.19. The van der Waals surface area contributed by atoms with E-state index in [4.69, 9.17) is 10.5 Å². The Morgan fingerprint density at radius 1 is 1.37 bits per heavy atom. The molecule has 0 radical (unpaired) electrons. The number of hydrogen-bond acceptors (Lipinski definition) is 6. The van der Waals surface area contributed by atoms with Gasteiger partial charge in [-0.25, -0.2) is 4.98 Å². The summed E-state index contributed by atoms with van der Waals surface area (Å²) >= 11 is 0. The van der Waals surface area contributed by atoms with Gasteiger partial charge in [0.05, 0.1) is 25.4 Å². The number of aromatic nitrogens is 6. The quantitative estimate of drug-likeness (QED) is 0.692. The van der Waals surface area contributed by atoms with Crippen molar-refractivity contribution in [2.24, 2.45) is 5.73 Å². The van der Waals surface area contributed by atoms with Gasteiger partial charge in [0.2, 0.25) is 5.88 Å². The first-order valence-corrected chi connectivity index (χ1v) is 5.81. The van der Waals surface area contributed by atoms with Crippen molar-refractivity contribution in [3.63, 3.8) is 0 Å². The number of nitrogens with two attached hydrogens (primary N) is 1. The Morgan fingerprint density at radius 2 is 2.26 bits per heavy atom. The Morgan fingerprint density at radius 3 is 3.05 bits per heavy atom. The molecule has 0 amide bonds. The SMILES string of the molecule is COc1ccc2[nH]c(-c3cn(CCN)nn3)nc2n1. The predicted octanol–water partition coefficient (Wildman–Crippen LogP) is 0.184. The Labute approximate surface area is 108 Å². The van der Waals surface area contributed by atoms with Crippen LogP contribution in [0.15, 0.2) is 18.3 Å². The number of methoxy groups -OCH3 is 1. The zero-order chi connectivity index (χ0) is 13.2. The van der Waals surface area contributed by atoms with Crippen LogP contribution in [0.4, 0.5) is 0 Å². The molecule has 0 fully saturated rings. The van der Waals surface area contributed by atoms with Crippen LogP contribution in [0.25, 0.3) is 22.7 Å². The fourth-order valence-electron chi connectivity index (χ4n) is 1.76. The van der Waals surface area contributed by atoms with Crippen molar-refractivity contribution in [2.75, 3.05) is 13.7 Å². The van der Waals surface area contributed by atoms with Gasteiger partial charge in [-0.15, -0.1) is 5.10 Å². The maximum Gasteiger partial charge on any atom is 0.215 e. The van der Waals surface area contributed by atoms with Crippen LogP contribution >= 0.6 is 0 Å². The molecule has 0 aromatic carbocycles. The predicted molar refractivity (Wildman–Crippen MR) is 68.5 cm³/mol. The molecule has 0 saturated carbocycles. The Kier molecular flexibility index (Phi) is 2.84. The van der Waals surface area contributed by atoms with Crippen LogP contribution < -0.4 is 10.5 Å². The zero-order valence-electron chi connectivity index (χ0n) is 10.4. The molecule has 98 valence electrons. The van der Waals surface area contributed by atoms with Crippen molar-refractivity contribution >= 4 is 11.2 Å². The number of fused-ring (bicyclic) bond motifs is 1. The molecular weight excluding hydrogens is 246 g/mol. The normalized spacial score (nSPS) is 11.1. The van der Waals surface area contributed by atoms with Gasteiger partial charge >= 0.3 is 0 Å². The van der Waals surface area contributed by atoms with E-state index in [0.29, 0.717) is 36.1 Å². The van der Waals surface area contributed by atoms with E-state index in [1.54, 1.807) is 24.1 Å². The average molecular weight is 259 g/mol. The Balaban J connectivity index is 1.99. The third kappa shape index (κ3) is 2.13. The van der Waals surface area contributed by atoms with E-state index in [1.807, 2.05) is 6.07 Å². The highest BCUT2D eigenvalue weighted by molar-refractivity contribution is 5.75. The van der Waals surface area contributed by atoms with E-state index in [-0.39, 0.29) is 0 Å². The molecule has 3 heterocycles. The van der Waals surface area contributed by atoms with Crippen molar-refractivity contribution in [1.29, 1.82) is 0 Å². The average Bonchev–Trinajstić information content (AvgIpc) is 3.03. The molecule has 0 unspecified atom stereocenters. The van der Waals surface area contributed by atoms with E-state index < -0.39 is 0 Å². The number of aromatic amines is 1. The van der Waals surface area contributed by atoms with Gasteiger partial charge in [-0.05, 0) is 6.07 Å². The third-order valence-corrected chi connectivity index (χ3v) is 2.67. The lowest BCUT2D eigenvalue weighted by atomic mass is 10.4. The first-order chi connectivity index (χ1) is 9.30. The first-order valence-electron chi connectivity index (χ1n) is 5.81. The number of pyridine rings is 1. The summed E-state index contributed by atoms with van der Waals surface area (Å²) in [5.41, 5.74) is 7.53. The van der Waals surface area contributed by atoms with Crippen LogP contribution in [0, 0.1) is 0 Å². The smallest absolute Gasteiger partial charge is 0.215 e. The second-order valence-electron chi connectivity index (χ2n) is 3.97. The maximum absolute atomic E-state index is 5.47. The summed E-state index contributed by atoms with van der Waals surface area (Å²) in [6, 6.07) is 3.64. The van der Waals surface area contributed by atoms with E-state index in [1.165, 1.54) is 0 Å². The van der Waals surface area contributed by atoms with Crippen molar-refractivity contribution in [3.05, 3.63) is 18.3 Å². The van der Waals surface area contributed by atoms with Gasteiger partial charge < -0.3 is 15.5 Å². The standard InChI is InChI=1S/C11H13N7O/c1-19-9-3-2-7-10(14-9)15-11(13-7)8-6-18(5-4-12)17-16-8/h2-3,6H,4-5,12H2,1H3,(H,13,14,15). The summed E-state index contributed by atoms with van der Waals surface area (Å²) in [5.74, 6) is 1.15. The minimum atomic E-state index is 0.516. The molecule has 0 bridgehead atoms. The summed E-state index contributed by atoms with van der Waals surface area (Å²) in [6.45, 7) is 1.14. The maximum atomic E-state index is 5.47. The molecule has 0 saturated heterocycles. The van der Waals surface area contributed by atoms with Crippen molar-refractivity contribution in [2.45, 2.75) is 6.54 Å². The molecular formula is C11H13N7O. The van der Waals surface area contributed by atoms with Gasteiger partial charge in [-0.3, -0.25) is 4.68 Å². The molecule has 0 aliphatic heterocycles. The van der Waals surface area contributed by atoms with Crippen molar-refractivity contribution in [1.82, 2.24) is 29.9 Å². The lowest BCUT2D eigenvalue weighted by Gasteiger charge is -1.95. The fourth-order valence-corrected chi connectivity index (χ4v) is 1.76. The van der Waals surface area contributed by atoms with E-state index in [9.17, 15) is 0 Å². The number of hydrogen-bond donors (Lipinski definition) is 2. The van der Waals surface area contributed by atoms with Crippen LogP contribution in [0.3, 0.4) is 0 Å². The lowest BCUT2D eigenvalue weighted by molar-refractivity contribution is 0.399. The van der Waals surface area contributed by atoms with Crippen LogP contribution in [-0.4, -0.2) is 43.6 Å². The monoisotopic (exact) mass is 259 g/mol. The van der Waals surface area contributed by atoms with Gasteiger partial charge in [0.15, 0.2) is 11.5 Å². The number of H-pyrrole nitrogens is 1. The summed E-state index contributed by atoms with van der Waals surface area (Å²) in [5, 5.41) is 8.02. The fraction of sp³-hybridized carbons (Fsp3) is 0.273. The van der Waals surface area contributed by atoms with Crippen molar-refractivity contribution < 1.29 is 4.74 Å². The summed E-state index contributed by atoms with van der Waals surface area (Å²) in [7, 11) is 1.57. The van der Waals surface area contributed by atoms with Crippen LogP contribution in [-0.2, 0) is 6.54 Å². The second-order valence-corrected chi connectivity index (χ2v) is 3.97. The summed E-state index contributed by atoms with van der Waals surface area (Å²) in [6.07, 6.45) is 1.79. The zero-order valence-corrected chi connectivity index (χ0v) is 10.4. The minimum Gasteiger partial charge on any atom is -0.481 e. The molecule has 3 aromatic heterocycles. The van der Waals surface area contributed by atoms with E-state index in [0.717, 1.165) is 5.52 Å². The van der Waals surface area contributed by atoms with Gasteiger partial charge in [-0.2, -0.15) is 4.98 Å². The highest BCUT2D eigenvalue weighted by atomic mass is 16.5. The van der Waals surface area contributed by atoms with Gasteiger partial charge in [0.1, 0.15) is 5.69 Å². The van der Waals surface area contributed by atoms with Crippen LogP contribution in [0.5, 0.6) is 5.88 Å². The minimum absolute atomic E-state index is 0.516. The van der Waals surface area contributed by atoms with E-state index in [2.05, 4.69) is 25.3 Å². The molecule has 8 heteroatoms. The van der Waals surface area contributed by atoms with Gasteiger partial charge in [-0.1, -0.05) is 5.21 Å². The summed E-state index contributed by atoms with van der Waals surface area (Å²) < 4.78 is 6.74. The first kappa shape index (κ1) is 11.6. The molecule has 3 N–H and O–H groups in total. The van der Waals surface area contributed by atoms with E-state index >= 15 is 0 Å². The van der Waals surface area contributed by atoms with Crippen LogP contribution in [0.1, 0.15) is 0 Å². The Hall–Kier alpha value is -2.48. The number of rotatable bonds is 4. The largest absolute Gasteiger partial charge is 0.481 e. The number of nitrogens with zero attached hydrogens (tertiary/aromatic N) is 5. The number of nitrogens with one attached hydrogen (secondary N) is 1. The molecule has 19 heavy (non-hydrogen) atoms. The molecule has 8 nitrogen and oxygen atoms in total. The third-order valence-electron chi connectivity index (χ3n) is 2.67. The molecule has 3 aromatic rings. The van der Waals surface area contributed by atoms with Gasteiger partial charge in [0, 0.05) is 12.6 Å². The lowest BCUT2D eigenvalue weighted by Crippen LogP contribution is -2.10. The molecule has 0 aliphatic rings. The molecule has 0 spiro atoms. The molecule has 0 aliphatic carbocycles. The number of ether oxygens (including phenoxy) is 1. The molecule has 0 atom stereocenters.